The number of carbonyl (C=O) groups is 1. The maximum absolute atomic E-state index is 13.4. The van der Waals surface area contributed by atoms with Crippen molar-refractivity contribution in [1.82, 2.24) is 9.66 Å². The number of aliphatic carboxylic acids is 1. The van der Waals surface area contributed by atoms with Crippen molar-refractivity contribution in [3.8, 4) is 11.5 Å². The van der Waals surface area contributed by atoms with Crippen LogP contribution in [-0.2, 0) is 4.79 Å². The molecule has 0 unspecified atom stereocenters. The lowest BCUT2D eigenvalue weighted by Crippen LogP contribution is -2.25. The number of fused-ring (bicyclic) bond motifs is 1. The number of aromatic nitrogens is 2. The van der Waals surface area contributed by atoms with Gasteiger partial charge in [0, 0.05) is 16.0 Å². The fraction of sp³-hybridized carbons (Fsp3) is 0.360. The van der Waals surface area contributed by atoms with E-state index in [1.54, 1.807) is 24.3 Å². The molecular weight excluding hydrogens is 502 g/mol. The Morgan fingerprint density at radius 2 is 2.00 bits per heavy atom. The molecule has 2 aromatic carbocycles. The van der Waals surface area contributed by atoms with E-state index >= 15 is 0 Å². The van der Waals surface area contributed by atoms with E-state index in [-0.39, 0.29) is 17.2 Å². The van der Waals surface area contributed by atoms with E-state index in [9.17, 15) is 14.7 Å². The maximum Gasteiger partial charge on any atom is 0.344 e. The molecule has 0 spiro atoms. The summed E-state index contributed by atoms with van der Waals surface area (Å²) in [5.41, 5.74) is 0.877. The second-order valence-corrected chi connectivity index (χ2v) is 9.22. The zero-order valence-electron chi connectivity index (χ0n) is 19.0. The summed E-state index contributed by atoms with van der Waals surface area (Å²) in [5.74, 6) is 0.249. The molecule has 9 heteroatoms. The molecule has 1 atom stereocenters. The summed E-state index contributed by atoms with van der Waals surface area (Å²) in [6.45, 7) is 1.43. The summed E-state index contributed by atoms with van der Waals surface area (Å²) in [6.07, 6.45) is 5.64. The second-order valence-electron chi connectivity index (χ2n) is 8.31. The van der Waals surface area contributed by atoms with E-state index in [0.717, 1.165) is 25.7 Å². The van der Waals surface area contributed by atoms with Crippen LogP contribution in [0.5, 0.6) is 11.5 Å². The van der Waals surface area contributed by atoms with Gasteiger partial charge in [-0.2, -0.15) is 9.78 Å². The summed E-state index contributed by atoms with van der Waals surface area (Å²) in [5, 5.41) is 14.3. The van der Waals surface area contributed by atoms with Crippen LogP contribution in [0.2, 0.25) is 0 Å². The summed E-state index contributed by atoms with van der Waals surface area (Å²) >= 11 is 3.44. The van der Waals surface area contributed by atoms with Gasteiger partial charge in [-0.15, -0.1) is 0 Å². The molecule has 4 rings (SSSR count). The van der Waals surface area contributed by atoms with Crippen molar-refractivity contribution in [1.29, 1.82) is 0 Å². The van der Waals surface area contributed by atoms with E-state index in [4.69, 9.17) is 14.5 Å². The van der Waals surface area contributed by atoms with Crippen LogP contribution >= 0.6 is 15.9 Å². The molecule has 1 aliphatic carbocycles. The number of benzene rings is 2. The third kappa shape index (κ3) is 4.99. The van der Waals surface area contributed by atoms with Crippen LogP contribution in [-0.4, -0.2) is 40.2 Å². The van der Waals surface area contributed by atoms with Crippen LogP contribution in [0.4, 0.5) is 0 Å². The summed E-state index contributed by atoms with van der Waals surface area (Å²) < 4.78 is 13.2. The highest BCUT2D eigenvalue weighted by Crippen LogP contribution is 2.35. The molecule has 34 heavy (non-hydrogen) atoms. The zero-order chi connectivity index (χ0) is 24.2. The smallest absolute Gasteiger partial charge is 0.344 e. The SMILES string of the molecule is COc1cc(Br)cc(C=Nn2c(C3CCCCC3)nc3ccccc3c2=O)c1O[C@H](C)C(=O)O. The van der Waals surface area contributed by atoms with Crippen molar-refractivity contribution in [2.24, 2.45) is 5.10 Å². The predicted octanol–water partition coefficient (Wildman–Crippen LogP) is 4.95. The third-order valence-corrected chi connectivity index (χ3v) is 6.43. The number of nitrogens with zero attached hydrogens (tertiary/aromatic N) is 3. The normalized spacial score (nSPS) is 15.5. The number of carboxylic acid groups (broad SMARTS) is 1. The van der Waals surface area contributed by atoms with Crippen LogP contribution in [0.25, 0.3) is 10.9 Å². The molecule has 1 saturated carbocycles. The Hall–Kier alpha value is -3.20. The van der Waals surface area contributed by atoms with Gasteiger partial charge in [0.05, 0.1) is 24.2 Å². The first-order valence-electron chi connectivity index (χ1n) is 11.2. The molecule has 1 aromatic heterocycles. The van der Waals surface area contributed by atoms with Crippen LogP contribution in [0.3, 0.4) is 0 Å². The van der Waals surface area contributed by atoms with Gasteiger partial charge in [-0.05, 0) is 44.0 Å². The van der Waals surface area contributed by atoms with Gasteiger partial charge in [0.2, 0.25) is 0 Å². The highest BCUT2D eigenvalue weighted by molar-refractivity contribution is 9.10. The Kier molecular flexibility index (Phi) is 7.31. The highest BCUT2D eigenvalue weighted by Gasteiger charge is 2.23. The molecular formula is C25H26BrN3O5. The van der Waals surface area contributed by atoms with Gasteiger partial charge in [-0.1, -0.05) is 47.3 Å². The average Bonchev–Trinajstić information content (AvgIpc) is 2.84. The Labute approximate surface area is 205 Å². The highest BCUT2D eigenvalue weighted by atomic mass is 79.9. The summed E-state index contributed by atoms with van der Waals surface area (Å²) in [7, 11) is 1.47. The fourth-order valence-corrected chi connectivity index (χ4v) is 4.64. The Morgan fingerprint density at radius 1 is 1.26 bits per heavy atom. The quantitative estimate of drug-likeness (QED) is 0.436. The van der Waals surface area contributed by atoms with Crippen molar-refractivity contribution in [3.63, 3.8) is 0 Å². The van der Waals surface area contributed by atoms with Crippen molar-refractivity contribution < 1.29 is 19.4 Å². The second kappa shape index (κ2) is 10.4. The van der Waals surface area contributed by atoms with Crippen molar-refractivity contribution in [3.05, 3.63) is 62.6 Å². The summed E-state index contributed by atoms with van der Waals surface area (Å²) in [6, 6.07) is 10.7. The van der Waals surface area contributed by atoms with E-state index in [0.29, 0.717) is 32.5 Å². The minimum absolute atomic E-state index is 0.142. The maximum atomic E-state index is 13.4. The summed E-state index contributed by atoms with van der Waals surface area (Å²) in [4.78, 5) is 29.6. The predicted molar refractivity (Wildman–Crippen MR) is 133 cm³/mol. The molecule has 0 saturated heterocycles. The minimum atomic E-state index is -1.11. The standard InChI is InChI=1S/C25H26BrN3O5/c1-15(25(31)32)34-22-17(12-18(26)13-21(22)33-2)14-27-29-23(16-8-4-3-5-9-16)28-20-11-7-6-10-19(20)24(29)30/h6-7,10-16H,3-5,8-9H2,1-2H3,(H,31,32)/t15-/m1/s1. The number of methoxy groups -OCH3 is 1. The molecule has 0 radical (unpaired) electrons. The van der Waals surface area contributed by atoms with E-state index in [1.165, 1.54) is 31.3 Å². The molecule has 1 aliphatic rings. The number of para-hydroxylation sites is 1. The average molecular weight is 528 g/mol. The molecule has 1 heterocycles. The molecule has 3 aromatic rings. The van der Waals surface area contributed by atoms with E-state index in [1.807, 2.05) is 12.1 Å². The molecule has 1 fully saturated rings. The number of hydrogen-bond donors (Lipinski definition) is 1. The van der Waals surface area contributed by atoms with Crippen molar-refractivity contribution in [2.45, 2.75) is 51.0 Å². The van der Waals surface area contributed by atoms with Crippen molar-refractivity contribution in [2.75, 3.05) is 7.11 Å². The van der Waals surface area contributed by atoms with Crippen LogP contribution in [0.15, 0.2) is 50.8 Å². The minimum Gasteiger partial charge on any atom is -0.493 e. The Morgan fingerprint density at radius 3 is 2.71 bits per heavy atom. The van der Waals surface area contributed by atoms with Gasteiger partial charge in [-0.3, -0.25) is 4.79 Å². The molecule has 0 amide bonds. The van der Waals surface area contributed by atoms with Gasteiger partial charge in [-0.25, -0.2) is 9.78 Å². The van der Waals surface area contributed by atoms with Gasteiger partial charge < -0.3 is 14.6 Å². The number of rotatable bonds is 7. The monoisotopic (exact) mass is 527 g/mol. The van der Waals surface area contributed by atoms with Crippen LogP contribution in [0, 0.1) is 0 Å². The fourth-order valence-electron chi connectivity index (χ4n) is 4.19. The van der Waals surface area contributed by atoms with Crippen molar-refractivity contribution >= 4 is 39.0 Å². The lowest BCUT2D eigenvalue weighted by Gasteiger charge is -2.22. The first-order valence-corrected chi connectivity index (χ1v) is 12.0. The molecule has 0 bridgehead atoms. The van der Waals surface area contributed by atoms with Gasteiger partial charge in [0.25, 0.3) is 5.56 Å². The first kappa shape index (κ1) is 23.9. The lowest BCUT2D eigenvalue weighted by atomic mass is 9.88. The topological polar surface area (TPSA) is 103 Å². The van der Waals surface area contributed by atoms with Gasteiger partial charge >= 0.3 is 5.97 Å². The largest absolute Gasteiger partial charge is 0.493 e. The molecule has 8 nitrogen and oxygen atoms in total. The Bertz CT molecular complexity index is 1300. The van der Waals surface area contributed by atoms with E-state index in [2.05, 4.69) is 21.0 Å². The number of carboxylic acids is 1. The van der Waals surface area contributed by atoms with Gasteiger partial charge in [0.15, 0.2) is 17.6 Å². The van der Waals surface area contributed by atoms with Crippen LogP contribution < -0.4 is 15.0 Å². The zero-order valence-corrected chi connectivity index (χ0v) is 20.6. The Balaban J connectivity index is 1.85. The lowest BCUT2D eigenvalue weighted by molar-refractivity contribution is -0.144. The number of halogens is 1. The third-order valence-electron chi connectivity index (χ3n) is 5.97. The van der Waals surface area contributed by atoms with Gasteiger partial charge in [0.1, 0.15) is 5.82 Å². The first-order chi connectivity index (χ1) is 16.4. The van der Waals surface area contributed by atoms with E-state index < -0.39 is 12.1 Å². The van der Waals surface area contributed by atoms with Crippen LogP contribution in [0.1, 0.15) is 56.3 Å². The molecule has 1 N–H and O–H groups in total. The number of ether oxygens (including phenoxy) is 2. The number of hydrogen-bond acceptors (Lipinski definition) is 6. The molecule has 178 valence electrons. The molecule has 0 aliphatic heterocycles.